The molecule has 0 aliphatic carbocycles. The highest BCUT2D eigenvalue weighted by molar-refractivity contribution is 5.08. The molecular formula is C11H13NO. The number of hydrogen-bond donors (Lipinski definition) is 0. The van der Waals surface area contributed by atoms with Crippen molar-refractivity contribution in [2.75, 3.05) is 0 Å². The van der Waals surface area contributed by atoms with Crippen molar-refractivity contribution in [1.82, 2.24) is 4.57 Å². The summed E-state index contributed by atoms with van der Waals surface area (Å²) in [5.41, 5.74) is 0.879. The Morgan fingerprint density at radius 3 is 2.92 bits per heavy atom. The number of aromatic nitrogens is 1. The van der Waals surface area contributed by atoms with Gasteiger partial charge in [0.2, 0.25) is 0 Å². The van der Waals surface area contributed by atoms with Crippen LogP contribution in [0.15, 0.2) is 23.3 Å². The molecule has 0 radical (unpaired) electrons. The molecule has 1 aromatic heterocycles. The molecule has 0 unspecified atom stereocenters. The third kappa shape index (κ3) is 2.79. The van der Waals surface area contributed by atoms with E-state index in [0.717, 1.165) is 18.5 Å². The van der Waals surface area contributed by atoms with Crippen LogP contribution in [0.3, 0.4) is 0 Å². The van der Waals surface area contributed by atoms with E-state index in [1.165, 1.54) is 0 Å². The minimum atomic E-state index is 0.0952. The van der Waals surface area contributed by atoms with Crippen LogP contribution in [-0.4, -0.2) is 4.57 Å². The molecule has 0 amide bonds. The van der Waals surface area contributed by atoms with Gasteiger partial charge in [0.25, 0.3) is 0 Å². The summed E-state index contributed by atoms with van der Waals surface area (Å²) >= 11 is 0. The Kier molecular flexibility index (Phi) is 3.33. The van der Waals surface area contributed by atoms with Crippen LogP contribution in [0.25, 0.3) is 0 Å². The van der Waals surface area contributed by atoms with Crippen molar-refractivity contribution in [1.29, 1.82) is 0 Å². The monoisotopic (exact) mass is 175 g/mol. The first-order chi connectivity index (χ1) is 6.24. The fourth-order valence-electron chi connectivity index (χ4n) is 1.10. The first-order valence-corrected chi connectivity index (χ1v) is 4.30. The maximum absolute atomic E-state index is 11.1. The Morgan fingerprint density at radius 2 is 2.31 bits per heavy atom. The molecule has 0 aliphatic heterocycles. The van der Waals surface area contributed by atoms with Gasteiger partial charge in [0.15, 0.2) is 5.43 Å². The molecule has 0 bridgehead atoms. The normalized spacial score (nSPS) is 9.08. The molecule has 0 atom stereocenters. The van der Waals surface area contributed by atoms with Crippen LogP contribution in [-0.2, 0) is 6.54 Å². The van der Waals surface area contributed by atoms with E-state index in [4.69, 9.17) is 0 Å². The Labute approximate surface area is 78.2 Å². The molecular weight excluding hydrogens is 162 g/mol. The van der Waals surface area contributed by atoms with Gasteiger partial charge in [-0.25, -0.2) is 0 Å². The molecule has 0 aromatic carbocycles. The van der Waals surface area contributed by atoms with Crippen molar-refractivity contribution in [3.63, 3.8) is 0 Å². The van der Waals surface area contributed by atoms with Gasteiger partial charge >= 0.3 is 0 Å². The Morgan fingerprint density at radius 1 is 1.54 bits per heavy atom. The van der Waals surface area contributed by atoms with Gasteiger partial charge in [-0.2, -0.15) is 0 Å². The highest BCUT2D eigenvalue weighted by Crippen LogP contribution is 1.92. The molecule has 0 saturated carbocycles. The molecule has 1 rings (SSSR count). The Bertz CT molecular complexity index is 393. The largest absolute Gasteiger partial charge is 0.353 e. The van der Waals surface area contributed by atoms with Crippen LogP contribution in [0, 0.1) is 18.8 Å². The maximum atomic E-state index is 11.1. The van der Waals surface area contributed by atoms with Gasteiger partial charge in [-0.3, -0.25) is 4.79 Å². The predicted octanol–water partition coefficient (Wildman–Crippen LogP) is 1.57. The fourth-order valence-corrected chi connectivity index (χ4v) is 1.10. The molecule has 2 heteroatoms. The molecule has 1 aromatic rings. The van der Waals surface area contributed by atoms with E-state index < -0.39 is 0 Å². The van der Waals surface area contributed by atoms with Crippen LogP contribution < -0.4 is 5.43 Å². The third-order valence-corrected chi connectivity index (χ3v) is 1.84. The van der Waals surface area contributed by atoms with Crippen LogP contribution in [0.4, 0.5) is 0 Å². The lowest BCUT2D eigenvalue weighted by molar-refractivity contribution is 0.708. The molecule has 0 fully saturated rings. The molecule has 0 N–H and O–H groups in total. The van der Waals surface area contributed by atoms with Crippen molar-refractivity contribution >= 4 is 0 Å². The van der Waals surface area contributed by atoms with Gasteiger partial charge in [0.05, 0.1) is 0 Å². The van der Waals surface area contributed by atoms with Gasteiger partial charge in [-0.15, -0.1) is 11.8 Å². The van der Waals surface area contributed by atoms with E-state index in [-0.39, 0.29) is 5.43 Å². The topological polar surface area (TPSA) is 22.0 Å². The van der Waals surface area contributed by atoms with E-state index in [1.54, 1.807) is 12.3 Å². The summed E-state index contributed by atoms with van der Waals surface area (Å²) < 4.78 is 1.99. The number of rotatable bonds is 2. The highest BCUT2D eigenvalue weighted by atomic mass is 16.1. The van der Waals surface area contributed by atoms with E-state index in [9.17, 15) is 4.79 Å². The predicted molar refractivity (Wildman–Crippen MR) is 53.5 cm³/mol. The Hall–Kier alpha value is -1.49. The van der Waals surface area contributed by atoms with Crippen molar-refractivity contribution in [3.8, 4) is 11.8 Å². The molecule has 0 spiro atoms. The Balaban J connectivity index is 2.72. The minimum absolute atomic E-state index is 0.0952. The SMILES string of the molecule is CC#CCCn1ccc(=O)c(C)c1. The summed E-state index contributed by atoms with van der Waals surface area (Å²) in [6.07, 6.45) is 4.49. The second kappa shape index (κ2) is 4.51. The van der Waals surface area contributed by atoms with E-state index >= 15 is 0 Å². The van der Waals surface area contributed by atoms with Gasteiger partial charge in [-0.05, 0) is 13.8 Å². The van der Waals surface area contributed by atoms with Crippen LogP contribution in [0.2, 0.25) is 0 Å². The molecule has 0 saturated heterocycles. The summed E-state index contributed by atoms with van der Waals surface area (Å²) in [5, 5.41) is 0. The standard InChI is InChI=1S/C11H13NO/c1-3-4-5-7-12-8-6-11(13)10(2)9-12/h6,8-9H,5,7H2,1-2H3. The fraction of sp³-hybridized carbons (Fsp3) is 0.364. The van der Waals surface area contributed by atoms with Gasteiger partial charge < -0.3 is 4.57 Å². The molecule has 1 heterocycles. The molecule has 2 nitrogen and oxygen atoms in total. The molecule has 68 valence electrons. The van der Waals surface area contributed by atoms with Gasteiger partial charge in [-0.1, -0.05) is 0 Å². The zero-order chi connectivity index (χ0) is 9.68. The lowest BCUT2D eigenvalue weighted by atomic mass is 10.3. The zero-order valence-electron chi connectivity index (χ0n) is 8.00. The van der Waals surface area contributed by atoms with E-state index in [1.807, 2.05) is 24.6 Å². The van der Waals surface area contributed by atoms with Gasteiger partial charge in [0.1, 0.15) is 0 Å². The lowest BCUT2D eigenvalue weighted by Crippen LogP contribution is -2.08. The van der Waals surface area contributed by atoms with Crippen LogP contribution in [0.5, 0.6) is 0 Å². The smallest absolute Gasteiger partial charge is 0.184 e. The van der Waals surface area contributed by atoms with Gasteiger partial charge in [0, 0.05) is 37.0 Å². The molecule has 0 aliphatic rings. The summed E-state index contributed by atoms with van der Waals surface area (Å²) in [6.45, 7) is 4.50. The maximum Gasteiger partial charge on any atom is 0.184 e. The lowest BCUT2D eigenvalue weighted by Gasteiger charge is -2.03. The average Bonchev–Trinajstić information content (AvgIpc) is 2.12. The van der Waals surface area contributed by atoms with Crippen LogP contribution in [0.1, 0.15) is 18.9 Å². The highest BCUT2D eigenvalue weighted by Gasteiger charge is 1.92. The summed E-state index contributed by atoms with van der Waals surface area (Å²) in [5.74, 6) is 5.82. The van der Waals surface area contributed by atoms with E-state index in [2.05, 4.69) is 11.8 Å². The average molecular weight is 175 g/mol. The quantitative estimate of drug-likeness (QED) is 0.625. The second-order valence-electron chi connectivity index (χ2n) is 2.91. The van der Waals surface area contributed by atoms with E-state index in [0.29, 0.717) is 0 Å². The first-order valence-electron chi connectivity index (χ1n) is 4.30. The zero-order valence-corrected chi connectivity index (χ0v) is 8.00. The number of pyridine rings is 1. The number of nitrogens with zero attached hydrogens (tertiary/aromatic N) is 1. The van der Waals surface area contributed by atoms with Crippen molar-refractivity contribution in [2.24, 2.45) is 0 Å². The first kappa shape index (κ1) is 9.60. The minimum Gasteiger partial charge on any atom is -0.353 e. The number of aryl methyl sites for hydroxylation is 2. The summed E-state index contributed by atoms with van der Waals surface area (Å²) in [4.78, 5) is 11.1. The summed E-state index contributed by atoms with van der Waals surface area (Å²) in [7, 11) is 0. The van der Waals surface area contributed by atoms with Crippen molar-refractivity contribution in [2.45, 2.75) is 26.8 Å². The van der Waals surface area contributed by atoms with Crippen molar-refractivity contribution < 1.29 is 0 Å². The van der Waals surface area contributed by atoms with Crippen LogP contribution >= 0.6 is 0 Å². The number of hydrogen-bond acceptors (Lipinski definition) is 1. The summed E-state index contributed by atoms with van der Waals surface area (Å²) in [6, 6.07) is 1.59. The van der Waals surface area contributed by atoms with Crippen molar-refractivity contribution in [3.05, 3.63) is 34.2 Å². The third-order valence-electron chi connectivity index (χ3n) is 1.84. The second-order valence-corrected chi connectivity index (χ2v) is 2.91. The molecule has 13 heavy (non-hydrogen) atoms.